The molecule has 0 saturated heterocycles. The highest BCUT2D eigenvalue weighted by Gasteiger charge is 2.31. The Bertz CT molecular complexity index is 1180. The van der Waals surface area contributed by atoms with Gasteiger partial charge in [0, 0.05) is 12.1 Å². The Balaban J connectivity index is 1.68. The molecule has 2 N–H and O–H groups in total. The first-order chi connectivity index (χ1) is 18.1. The third kappa shape index (κ3) is 9.14. The fourth-order valence-corrected chi connectivity index (χ4v) is 3.85. The van der Waals surface area contributed by atoms with Crippen LogP contribution in [-0.2, 0) is 4.79 Å². The molecule has 0 bridgehead atoms. The minimum absolute atomic E-state index is 0.0557. The molecule has 0 saturated carbocycles. The van der Waals surface area contributed by atoms with E-state index in [2.05, 4.69) is 17.0 Å². The second-order valence-electron chi connectivity index (χ2n) is 8.72. The van der Waals surface area contributed by atoms with Crippen molar-refractivity contribution in [3.63, 3.8) is 0 Å². The van der Waals surface area contributed by atoms with E-state index in [1.54, 1.807) is 24.3 Å². The lowest BCUT2D eigenvalue weighted by Crippen LogP contribution is -2.26. The van der Waals surface area contributed by atoms with Crippen molar-refractivity contribution in [1.82, 2.24) is 5.32 Å². The van der Waals surface area contributed by atoms with Gasteiger partial charge in [-0.1, -0.05) is 56.2 Å². The minimum atomic E-state index is -4.73. The molecule has 0 fully saturated rings. The second-order valence-corrected chi connectivity index (χ2v) is 8.72. The average molecular weight is 530 g/mol. The van der Waals surface area contributed by atoms with E-state index in [0.717, 1.165) is 42.4 Å². The van der Waals surface area contributed by atoms with Gasteiger partial charge in [0.2, 0.25) is 0 Å². The number of halogens is 3. The highest BCUT2D eigenvalue weighted by atomic mass is 19.4. The van der Waals surface area contributed by atoms with Gasteiger partial charge in [-0.3, -0.25) is 9.59 Å². The van der Waals surface area contributed by atoms with Crippen LogP contribution in [0.3, 0.4) is 0 Å². The van der Waals surface area contributed by atoms with Crippen LogP contribution in [0.15, 0.2) is 72.8 Å². The predicted molar refractivity (Wildman–Crippen MR) is 137 cm³/mol. The van der Waals surface area contributed by atoms with E-state index in [0.29, 0.717) is 11.3 Å². The van der Waals surface area contributed by atoms with Crippen molar-refractivity contribution in [2.45, 2.75) is 51.5 Å². The molecule has 0 aliphatic heterocycles. The molecule has 202 valence electrons. The number of ether oxygens (including phenoxy) is 2. The van der Waals surface area contributed by atoms with E-state index in [4.69, 9.17) is 9.84 Å². The van der Waals surface area contributed by atoms with Gasteiger partial charge in [-0.05, 0) is 65.9 Å². The van der Waals surface area contributed by atoms with Gasteiger partial charge in [0.15, 0.2) is 0 Å². The summed E-state index contributed by atoms with van der Waals surface area (Å²) in [5.74, 6) is -0.952. The lowest BCUT2D eigenvalue weighted by molar-refractivity contribution is -0.274. The van der Waals surface area contributed by atoms with Crippen LogP contribution in [0.4, 0.5) is 13.2 Å². The third-order valence-corrected chi connectivity index (χ3v) is 5.79. The van der Waals surface area contributed by atoms with Crippen molar-refractivity contribution >= 4 is 11.9 Å². The Morgan fingerprint density at radius 3 is 1.97 bits per heavy atom. The summed E-state index contributed by atoms with van der Waals surface area (Å²) in [4.78, 5) is 22.9. The standard InChI is InChI=1S/C29H30F3NO5/c1-2-3-4-5-26(22-6-8-23(9-7-22)28(36)33-19-18-27(34)35)37-24-14-10-20(11-15-24)21-12-16-25(17-13-21)38-29(30,31)32/h6-17,26H,2-5,18-19H2,1H3,(H,33,36)(H,34,35). The number of alkyl halides is 3. The Kier molecular flexibility index (Phi) is 10.2. The number of carbonyl (C=O) groups excluding carboxylic acids is 1. The summed E-state index contributed by atoms with van der Waals surface area (Å²) < 4.78 is 47.4. The maximum Gasteiger partial charge on any atom is 0.573 e. The van der Waals surface area contributed by atoms with Crippen LogP contribution in [0.1, 0.15) is 61.1 Å². The monoisotopic (exact) mass is 529 g/mol. The highest BCUT2D eigenvalue weighted by molar-refractivity contribution is 5.94. The number of nitrogens with one attached hydrogen (secondary N) is 1. The molecule has 3 rings (SSSR count). The summed E-state index contributed by atoms with van der Waals surface area (Å²) in [7, 11) is 0. The third-order valence-electron chi connectivity index (χ3n) is 5.79. The number of hydrogen-bond donors (Lipinski definition) is 2. The fourth-order valence-electron chi connectivity index (χ4n) is 3.85. The first kappa shape index (κ1) is 28.6. The summed E-state index contributed by atoms with van der Waals surface area (Å²) in [6, 6.07) is 20.0. The minimum Gasteiger partial charge on any atom is -0.486 e. The van der Waals surface area contributed by atoms with Crippen molar-refractivity contribution < 1.29 is 37.3 Å². The zero-order chi connectivity index (χ0) is 27.5. The largest absolute Gasteiger partial charge is 0.573 e. The normalized spacial score (nSPS) is 12.0. The molecular weight excluding hydrogens is 499 g/mol. The van der Waals surface area contributed by atoms with Crippen molar-refractivity contribution in [3.8, 4) is 22.6 Å². The molecule has 1 amide bonds. The van der Waals surface area contributed by atoms with E-state index in [9.17, 15) is 22.8 Å². The Labute approximate surface area is 219 Å². The van der Waals surface area contributed by atoms with Gasteiger partial charge in [0.1, 0.15) is 17.6 Å². The van der Waals surface area contributed by atoms with Crippen LogP contribution in [0.25, 0.3) is 11.1 Å². The maximum atomic E-state index is 12.4. The van der Waals surface area contributed by atoms with Crippen LogP contribution in [0, 0.1) is 0 Å². The number of rotatable bonds is 13. The van der Waals surface area contributed by atoms with E-state index in [-0.39, 0.29) is 30.7 Å². The van der Waals surface area contributed by atoms with Gasteiger partial charge in [-0.2, -0.15) is 0 Å². The number of aliphatic carboxylic acids is 1. The molecular formula is C29H30F3NO5. The lowest BCUT2D eigenvalue weighted by Gasteiger charge is -2.20. The Hall–Kier alpha value is -4.01. The lowest BCUT2D eigenvalue weighted by atomic mass is 10.0. The number of carbonyl (C=O) groups is 2. The topological polar surface area (TPSA) is 84.9 Å². The Morgan fingerprint density at radius 2 is 1.45 bits per heavy atom. The quantitative estimate of drug-likeness (QED) is 0.230. The van der Waals surface area contributed by atoms with Gasteiger partial charge < -0.3 is 19.9 Å². The number of unbranched alkanes of at least 4 members (excludes halogenated alkanes) is 2. The summed E-state index contributed by atoms with van der Waals surface area (Å²) in [6.07, 6.45) is -1.27. The van der Waals surface area contributed by atoms with Crippen LogP contribution in [0.2, 0.25) is 0 Å². The van der Waals surface area contributed by atoms with Gasteiger partial charge in [-0.25, -0.2) is 0 Å². The molecule has 0 radical (unpaired) electrons. The molecule has 0 aliphatic rings. The summed E-state index contributed by atoms with van der Waals surface area (Å²) in [6.45, 7) is 2.17. The summed E-state index contributed by atoms with van der Waals surface area (Å²) in [5, 5.41) is 11.3. The fraction of sp³-hybridized carbons (Fsp3) is 0.310. The SMILES string of the molecule is CCCCCC(Oc1ccc(-c2ccc(OC(F)(F)F)cc2)cc1)c1ccc(C(=O)NCCC(=O)O)cc1. The number of benzene rings is 3. The molecule has 0 spiro atoms. The van der Waals surface area contributed by atoms with Gasteiger partial charge in [0.25, 0.3) is 5.91 Å². The average Bonchev–Trinajstić information content (AvgIpc) is 2.88. The summed E-state index contributed by atoms with van der Waals surface area (Å²) >= 11 is 0. The van der Waals surface area contributed by atoms with Crippen LogP contribution >= 0.6 is 0 Å². The zero-order valence-electron chi connectivity index (χ0n) is 21.0. The van der Waals surface area contributed by atoms with E-state index >= 15 is 0 Å². The van der Waals surface area contributed by atoms with E-state index in [1.165, 1.54) is 12.1 Å². The Morgan fingerprint density at radius 1 is 0.868 bits per heavy atom. The highest BCUT2D eigenvalue weighted by Crippen LogP contribution is 2.31. The molecule has 9 heteroatoms. The smallest absolute Gasteiger partial charge is 0.486 e. The first-order valence-electron chi connectivity index (χ1n) is 12.4. The molecule has 0 aliphatic carbocycles. The number of amides is 1. The van der Waals surface area contributed by atoms with Crippen LogP contribution in [-0.4, -0.2) is 29.9 Å². The molecule has 0 heterocycles. The van der Waals surface area contributed by atoms with E-state index in [1.807, 2.05) is 36.4 Å². The summed E-state index contributed by atoms with van der Waals surface area (Å²) in [5.41, 5.74) is 2.90. The number of hydrogen-bond acceptors (Lipinski definition) is 4. The molecule has 38 heavy (non-hydrogen) atoms. The maximum absolute atomic E-state index is 12.4. The van der Waals surface area contributed by atoms with Crippen LogP contribution in [0.5, 0.6) is 11.5 Å². The first-order valence-corrected chi connectivity index (χ1v) is 12.4. The van der Waals surface area contributed by atoms with Gasteiger partial charge in [-0.15, -0.1) is 13.2 Å². The predicted octanol–water partition coefficient (Wildman–Crippen LogP) is 7.16. The molecule has 3 aromatic rings. The molecule has 1 atom stereocenters. The van der Waals surface area contributed by atoms with Crippen molar-refractivity contribution in [2.75, 3.05) is 6.54 Å². The van der Waals surface area contributed by atoms with Gasteiger partial charge >= 0.3 is 12.3 Å². The molecule has 1 unspecified atom stereocenters. The van der Waals surface area contributed by atoms with Crippen molar-refractivity contribution in [2.24, 2.45) is 0 Å². The second kappa shape index (κ2) is 13.5. The molecule has 0 aromatic heterocycles. The van der Waals surface area contributed by atoms with Crippen molar-refractivity contribution in [1.29, 1.82) is 0 Å². The van der Waals surface area contributed by atoms with Crippen molar-refractivity contribution in [3.05, 3.63) is 83.9 Å². The number of carboxylic acid groups (broad SMARTS) is 1. The van der Waals surface area contributed by atoms with Gasteiger partial charge in [0.05, 0.1) is 6.42 Å². The van der Waals surface area contributed by atoms with E-state index < -0.39 is 12.3 Å². The number of carboxylic acids is 1. The zero-order valence-corrected chi connectivity index (χ0v) is 21.0. The molecule has 6 nitrogen and oxygen atoms in total. The van der Waals surface area contributed by atoms with Crippen LogP contribution < -0.4 is 14.8 Å². The molecule has 3 aromatic carbocycles.